The lowest BCUT2D eigenvalue weighted by Gasteiger charge is -2.59. The molecule has 0 spiro atoms. The topological polar surface area (TPSA) is 108 Å². The summed E-state index contributed by atoms with van der Waals surface area (Å²) in [4.78, 5) is 31.2. The summed E-state index contributed by atoms with van der Waals surface area (Å²) in [6.07, 6.45) is 4.68. The molecule has 2 aromatic rings. The summed E-state index contributed by atoms with van der Waals surface area (Å²) >= 11 is 0. The molecule has 0 aromatic heterocycles. The van der Waals surface area contributed by atoms with Crippen LogP contribution in [0.15, 0.2) is 65.7 Å². The summed E-state index contributed by atoms with van der Waals surface area (Å²) in [5, 5.41) is 11.2. The number of nitrogens with one attached hydrogen (secondary N) is 2. The highest BCUT2D eigenvalue weighted by molar-refractivity contribution is 6.08. The van der Waals surface area contributed by atoms with Gasteiger partial charge in [-0.05, 0) is 50.4 Å². The van der Waals surface area contributed by atoms with E-state index in [1.165, 1.54) is 0 Å². The summed E-state index contributed by atoms with van der Waals surface area (Å²) in [6.45, 7) is 0. The van der Waals surface area contributed by atoms with E-state index in [0.717, 1.165) is 37.7 Å². The van der Waals surface area contributed by atoms with E-state index in [1.807, 2.05) is 60.7 Å². The molecule has 6 rings (SSSR count). The maximum Gasteiger partial charge on any atom is 0.253 e. The van der Waals surface area contributed by atoms with Gasteiger partial charge in [0.15, 0.2) is 0 Å². The van der Waals surface area contributed by atoms with Gasteiger partial charge in [-0.1, -0.05) is 60.7 Å². The molecule has 32 heavy (non-hydrogen) atoms. The van der Waals surface area contributed by atoms with Crippen molar-refractivity contribution in [3.05, 3.63) is 71.8 Å². The lowest BCUT2D eigenvalue weighted by molar-refractivity contribution is -0.164. The zero-order chi connectivity index (χ0) is 22.3. The molecule has 4 aliphatic carbocycles. The molecular weight excluding hydrogens is 400 g/mol. The van der Waals surface area contributed by atoms with Crippen LogP contribution in [0.5, 0.6) is 0 Å². The van der Waals surface area contributed by atoms with Crippen molar-refractivity contribution in [3.63, 3.8) is 0 Å². The van der Waals surface area contributed by atoms with Crippen LogP contribution in [-0.4, -0.2) is 23.5 Å². The van der Waals surface area contributed by atoms with E-state index in [9.17, 15) is 9.59 Å². The first-order chi connectivity index (χ1) is 15.4. The van der Waals surface area contributed by atoms with Gasteiger partial charge in [0, 0.05) is 11.1 Å². The van der Waals surface area contributed by atoms with Crippen molar-refractivity contribution >= 4 is 23.5 Å². The summed E-state index contributed by atoms with van der Waals surface area (Å²) in [7, 11) is 0. The number of rotatable bonds is 4. The predicted molar refractivity (Wildman–Crippen MR) is 123 cm³/mol. The molecule has 164 valence electrons. The predicted octanol–water partition coefficient (Wildman–Crippen LogP) is 3.65. The SMILES string of the molecule is N=C(NC(=O)C12C[C@@H]3C[C@@H](CC(C(=O)N=C(N)c4ccccc4)(C3)C1)C2)c1ccccc1. The molecule has 4 atom stereocenters. The Bertz CT molecular complexity index is 1080. The van der Waals surface area contributed by atoms with Crippen molar-refractivity contribution in [3.8, 4) is 0 Å². The molecule has 6 heteroatoms. The lowest BCUT2D eigenvalue weighted by Crippen LogP contribution is -2.60. The standard InChI is InChI=1S/C26H28N4O2/c27-21(19-7-3-1-4-8-19)29-23(31)25-12-17-11-18(13-25)15-26(14-17,16-25)24(32)30-22(28)20-9-5-2-6-10-20/h1-10,17-18H,11-16H2,(H2,27,29,31)(H2,28,30,32)/t17-,18+,25?,26?. The molecule has 2 unspecified atom stereocenters. The van der Waals surface area contributed by atoms with E-state index in [2.05, 4.69) is 10.3 Å². The van der Waals surface area contributed by atoms with Crippen LogP contribution in [0.3, 0.4) is 0 Å². The molecule has 0 radical (unpaired) electrons. The highest BCUT2D eigenvalue weighted by Gasteiger charge is 2.63. The van der Waals surface area contributed by atoms with Crippen molar-refractivity contribution in [1.29, 1.82) is 5.41 Å². The number of nitrogens with two attached hydrogens (primary N) is 1. The van der Waals surface area contributed by atoms with Crippen LogP contribution in [0.2, 0.25) is 0 Å². The van der Waals surface area contributed by atoms with Gasteiger partial charge in [-0.3, -0.25) is 15.0 Å². The van der Waals surface area contributed by atoms with Gasteiger partial charge in [-0.15, -0.1) is 0 Å². The molecule has 0 heterocycles. The Balaban J connectivity index is 1.40. The third-order valence-electron chi connectivity index (χ3n) is 7.59. The van der Waals surface area contributed by atoms with Gasteiger partial charge in [0.2, 0.25) is 5.91 Å². The minimum Gasteiger partial charge on any atom is -0.383 e. The van der Waals surface area contributed by atoms with E-state index < -0.39 is 10.8 Å². The second-order valence-electron chi connectivity index (χ2n) is 9.89. The normalized spacial score (nSPS) is 30.7. The Kier molecular flexibility index (Phi) is 4.96. The number of carbonyl (C=O) groups excluding carboxylic acids is 2. The summed E-state index contributed by atoms with van der Waals surface area (Å²) < 4.78 is 0. The van der Waals surface area contributed by atoms with E-state index in [-0.39, 0.29) is 23.5 Å². The van der Waals surface area contributed by atoms with Crippen molar-refractivity contribution in [2.75, 3.05) is 0 Å². The minimum atomic E-state index is -0.629. The Morgan fingerprint density at radius 1 is 0.875 bits per heavy atom. The number of benzene rings is 2. The average Bonchev–Trinajstić information content (AvgIpc) is 2.79. The first kappa shape index (κ1) is 20.6. The van der Waals surface area contributed by atoms with Crippen molar-refractivity contribution in [2.24, 2.45) is 33.4 Å². The minimum absolute atomic E-state index is 0.109. The molecule has 0 saturated heterocycles. The van der Waals surface area contributed by atoms with E-state index >= 15 is 0 Å². The highest BCUT2D eigenvalue weighted by Crippen LogP contribution is 2.65. The van der Waals surface area contributed by atoms with Gasteiger partial charge in [0.1, 0.15) is 11.7 Å². The van der Waals surface area contributed by atoms with Gasteiger partial charge >= 0.3 is 0 Å². The van der Waals surface area contributed by atoms with Crippen LogP contribution in [0.25, 0.3) is 0 Å². The van der Waals surface area contributed by atoms with Gasteiger partial charge in [-0.25, -0.2) is 0 Å². The zero-order valence-electron chi connectivity index (χ0n) is 18.0. The molecule has 4 fully saturated rings. The van der Waals surface area contributed by atoms with Crippen LogP contribution in [0.4, 0.5) is 0 Å². The number of aliphatic imine (C=N–C) groups is 1. The quantitative estimate of drug-likeness (QED) is 0.511. The maximum atomic E-state index is 13.5. The van der Waals surface area contributed by atoms with Crippen molar-refractivity contribution < 1.29 is 9.59 Å². The van der Waals surface area contributed by atoms with Gasteiger partial charge in [0.25, 0.3) is 5.91 Å². The number of amidine groups is 2. The molecule has 4 aliphatic rings. The second kappa shape index (κ2) is 7.69. The first-order valence-electron chi connectivity index (χ1n) is 11.3. The number of hydrogen-bond acceptors (Lipinski definition) is 3. The maximum absolute atomic E-state index is 13.5. The molecule has 4 saturated carbocycles. The number of nitrogens with zero attached hydrogens (tertiary/aromatic N) is 1. The zero-order valence-corrected chi connectivity index (χ0v) is 18.0. The number of carbonyl (C=O) groups is 2. The Labute approximate surface area is 187 Å². The van der Waals surface area contributed by atoms with E-state index in [0.29, 0.717) is 23.8 Å². The fourth-order valence-corrected chi connectivity index (χ4v) is 6.60. The molecule has 0 aliphatic heterocycles. The molecule has 4 N–H and O–H groups in total. The number of hydrogen-bond donors (Lipinski definition) is 3. The Morgan fingerprint density at radius 3 is 2.00 bits per heavy atom. The lowest BCUT2D eigenvalue weighted by atomic mass is 9.43. The van der Waals surface area contributed by atoms with E-state index in [4.69, 9.17) is 11.1 Å². The molecule has 4 bridgehead atoms. The first-order valence-corrected chi connectivity index (χ1v) is 11.3. The van der Waals surface area contributed by atoms with Gasteiger partial charge < -0.3 is 11.1 Å². The summed E-state index contributed by atoms with van der Waals surface area (Å²) in [5.74, 6) is 0.699. The number of amides is 2. The molecule has 2 amide bonds. The van der Waals surface area contributed by atoms with Gasteiger partial charge in [-0.2, -0.15) is 4.99 Å². The fraction of sp³-hybridized carbons (Fsp3) is 0.385. The summed E-state index contributed by atoms with van der Waals surface area (Å²) in [5.41, 5.74) is 6.33. The largest absolute Gasteiger partial charge is 0.383 e. The fourth-order valence-electron chi connectivity index (χ4n) is 6.60. The molecule has 2 aromatic carbocycles. The Hall–Kier alpha value is -3.28. The van der Waals surface area contributed by atoms with Crippen LogP contribution < -0.4 is 11.1 Å². The monoisotopic (exact) mass is 428 g/mol. The molecular formula is C26H28N4O2. The highest BCUT2D eigenvalue weighted by atomic mass is 16.2. The molecule has 6 nitrogen and oxygen atoms in total. The van der Waals surface area contributed by atoms with Gasteiger partial charge in [0.05, 0.1) is 10.8 Å². The second-order valence-corrected chi connectivity index (χ2v) is 9.89. The average molecular weight is 429 g/mol. The smallest absolute Gasteiger partial charge is 0.253 e. The van der Waals surface area contributed by atoms with Crippen molar-refractivity contribution in [2.45, 2.75) is 38.5 Å². The summed E-state index contributed by atoms with van der Waals surface area (Å²) in [6, 6.07) is 18.5. The van der Waals surface area contributed by atoms with E-state index in [1.54, 1.807) is 0 Å². The van der Waals surface area contributed by atoms with Crippen LogP contribution >= 0.6 is 0 Å². The Morgan fingerprint density at radius 2 is 1.41 bits per heavy atom. The van der Waals surface area contributed by atoms with Crippen LogP contribution in [0.1, 0.15) is 49.7 Å². The van der Waals surface area contributed by atoms with Crippen LogP contribution in [-0.2, 0) is 9.59 Å². The third kappa shape index (κ3) is 3.53. The van der Waals surface area contributed by atoms with Crippen molar-refractivity contribution in [1.82, 2.24) is 5.32 Å². The van der Waals surface area contributed by atoms with Crippen LogP contribution in [0, 0.1) is 28.1 Å². The third-order valence-corrected chi connectivity index (χ3v) is 7.59.